The first kappa shape index (κ1) is 16.6. The molecule has 2 aliphatic heterocycles. The van der Waals surface area contributed by atoms with Crippen LogP contribution in [0.15, 0.2) is 58.3 Å². The molecule has 2 aliphatic rings. The van der Waals surface area contributed by atoms with Gasteiger partial charge in [-0.05, 0) is 61.8 Å². The van der Waals surface area contributed by atoms with Gasteiger partial charge in [0.1, 0.15) is 0 Å². The molecule has 132 valence electrons. The molecule has 0 unspecified atom stereocenters. The van der Waals surface area contributed by atoms with Gasteiger partial charge < -0.3 is 10.2 Å². The minimum absolute atomic E-state index is 0.357. The van der Waals surface area contributed by atoms with Gasteiger partial charge in [0.15, 0.2) is 0 Å². The summed E-state index contributed by atoms with van der Waals surface area (Å²) in [6.45, 7) is 5.46. The first-order valence-corrected chi connectivity index (χ1v) is 10.5. The SMILES string of the molecule is CCN1CC[C@@H]2c3cc(S(=O)(=O)c4ccccc4)ccc3N[C@@H]2CC1. The van der Waals surface area contributed by atoms with Crippen LogP contribution in [0.4, 0.5) is 5.69 Å². The monoisotopic (exact) mass is 356 g/mol. The molecule has 4 rings (SSSR count). The maximum absolute atomic E-state index is 12.9. The lowest BCUT2D eigenvalue weighted by Crippen LogP contribution is -2.25. The molecule has 0 bridgehead atoms. The van der Waals surface area contributed by atoms with Crippen molar-refractivity contribution >= 4 is 15.5 Å². The van der Waals surface area contributed by atoms with E-state index < -0.39 is 9.84 Å². The number of anilines is 1. The van der Waals surface area contributed by atoms with E-state index >= 15 is 0 Å². The van der Waals surface area contributed by atoms with Crippen LogP contribution in [0.5, 0.6) is 0 Å². The number of nitrogens with one attached hydrogen (secondary N) is 1. The van der Waals surface area contributed by atoms with Gasteiger partial charge in [-0.3, -0.25) is 0 Å². The second-order valence-electron chi connectivity index (χ2n) is 6.93. The maximum Gasteiger partial charge on any atom is 0.206 e. The fraction of sp³-hybridized carbons (Fsp3) is 0.400. The summed E-state index contributed by atoms with van der Waals surface area (Å²) in [6.07, 6.45) is 2.18. The van der Waals surface area contributed by atoms with E-state index in [-0.39, 0.29) is 0 Å². The highest BCUT2D eigenvalue weighted by Gasteiger charge is 2.35. The Balaban J connectivity index is 1.69. The molecule has 0 amide bonds. The Morgan fingerprint density at radius 1 is 1.04 bits per heavy atom. The molecular formula is C20H24N2O2S. The van der Waals surface area contributed by atoms with E-state index in [1.807, 2.05) is 18.2 Å². The lowest BCUT2D eigenvalue weighted by molar-refractivity contribution is 0.298. The number of benzene rings is 2. The Bertz CT molecular complexity index is 865. The first-order chi connectivity index (χ1) is 12.1. The second kappa shape index (κ2) is 6.46. The Labute approximate surface area is 149 Å². The molecule has 1 N–H and O–H groups in total. The van der Waals surface area contributed by atoms with Crippen molar-refractivity contribution in [1.82, 2.24) is 4.90 Å². The Morgan fingerprint density at radius 2 is 1.80 bits per heavy atom. The average molecular weight is 356 g/mol. The summed E-state index contributed by atoms with van der Waals surface area (Å²) in [5, 5.41) is 3.62. The van der Waals surface area contributed by atoms with Crippen molar-refractivity contribution in [2.75, 3.05) is 25.0 Å². The Hall–Kier alpha value is -1.85. The molecule has 2 atom stereocenters. The minimum atomic E-state index is -3.46. The van der Waals surface area contributed by atoms with E-state index in [0.717, 1.165) is 38.2 Å². The highest BCUT2D eigenvalue weighted by Crippen LogP contribution is 2.42. The molecular weight excluding hydrogens is 332 g/mol. The van der Waals surface area contributed by atoms with Crippen molar-refractivity contribution in [2.24, 2.45) is 0 Å². The Morgan fingerprint density at radius 3 is 2.56 bits per heavy atom. The van der Waals surface area contributed by atoms with E-state index in [1.54, 1.807) is 30.3 Å². The zero-order valence-electron chi connectivity index (χ0n) is 14.5. The van der Waals surface area contributed by atoms with Crippen LogP contribution in [0.2, 0.25) is 0 Å². The normalized spacial score (nSPS) is 23.4. The number of rotatable bonds is 3. The summed E-state index contributed by atoms with van der Waals surface area (Å²) in [4.78, 5) is 3.23. The van der Waals surface area contributed by atoms with Crippen molar-refractivity contribution in [3.05, 3.63) is 54.1 Å². The van der Waals surface area contributed by atoms with Crippen LogP contribution in [0.1, 0.15) is 31.2 Å². The standard InChI is InChI=1S/C20H24N2O2S/c1-2-22-12-10-17-18-14-16(8-9-19(18)21-20(17)11-13-22)25(23,24)15-6-4-3-5-7-15/h3-9,14,17,20-21H,2,10-13H2,1H3/t17-,20-/m1/s1. The molecule has 0 spiro atoms. The van der Waals surface area contributed by atoms with Gasteiger partial charge in [-0.25, -0.2) is 8.42 Å². The van der Waals surface area contributed by atoms with E-state index in [0.29, 0.717) is 21.8 Å². The quantitative estimate of drug-likeness (QED) is 0.914. The zero-order chi connectivity index (χ0) is 17.4. The van der Waals surface area contributed by atoms with Crippen molar-refractivity contribution in [3.63, 3.8) is 0 Å². The summed E-state index contributed by atoms with van der Waals surface area (Å²) in [5.41, 5.74) is 2.27. The van der Waals surface area contributed by atoms with E-state index in [4.69, 9.17) is 0 Å². The molecule has 5 heteroatoms. The van der Waals surface area contributed by atoms with Crippen LogP contribution < -0.4 is 5.32 Å². The van der Waals surface area contributed by atoms with Gasteiger partial charge in [0.05, 0.1) is 9.79 Å². The van der Waals surface area contributed by atoms with Gasteiger partial charge in [-0.2, -0.15) is 0 Å². The minimum Gasteiger partial charge on any atom is -0.381 e. The predicted octanol–water partition coefficient (Wildman–Crippen LogP) is 3.51. The molecule has 0 aromatic heterocycles. The second-order valence-corrected chi connectivity index (χ2v) is 8.88. The third kappa shape index (κ3) is 2.96. The molecule has 2 aromatic rings. The molecule has 4 nitrogen and oxygen atoms in total. The lowest BCUT2D eigenvalue weighted by atomic mass is 9.91. The van der Waals surface area contributed by atoms with Gasteiger partial charge in [0, 0.05) is 24.2 Å². The van der Waals surface area contributed by atoms with Crippen LogP contribution in [-0.4, -0.2) is 39.0 Å². The number of sulfone groups is 1. The van der Waals surface area contributed by atoms with Crippen molar-refractivity contribution < 1.29 is 8.42 Å². The molecule has 2 heterocycles. The molecule has 0 radical (unpaired) electrons. The summed E-state index contributed by atoms with van der Waals surface area (Å²) in [5.74, 6) is 0.400. The largest absolute Gasteiger partial charge is 0.381 e. The van der Waals surface area contributed by atoms with E-state index in [1.165, 1.54) is 5.56 Å². The molecule has 0 aliphatic carbocycles. The zero-order valence-corrected chi connectivity index (χ0v) is 15.3. The van der Waals surface area contributed by atoms with Gasteiger partial charge in [-0.1, -0.05) is 25.1 Å². The first-order valence-electron chi connectivity index (χ1n) is 9.02. The third-order valence-corrected chi connectivity index (χ3v) is 7.34. The summed E-state index contributed by atoms with van der Waals surface area (Å²) in [6, 6.07) is 14.7. The van der Waals surface area contributed by atoms with Crippen molar-refractivity contribution in [1.29, 1.82) is 0 Å². The average Bonchev–Trinajstić information content (AvgIpc) is 2.86. The summed E-state index contributed by atoms with van der Waals surface area (Å²) in [7, 11) is -3.46. The highest BCUT2D eigenvalue weighted by molar-refractivity contribution is 7.91. The number of hydrogen-bond donors (Lipinski definition) is 1. The Kier molecular flexibility index (Phi) is 4.29. The van der Waals surface area contributed by atoms with Gasteiger partial charge in [0.25, 0.3) is 0 Å². The van der Waals surface area contributed by atoms with Crippen LogP contribution in [0, 0.1) is 0 Å². The molecule has 1 saturated heterocycles. The molecule has 25 heavy (non-hydrogen) atoms. The van der Waals surface area contributed by atoms with Crippen LogP contribution in [0.25, 0.3) is 0 Å². The summed E-state index contributed by atoms with van der Waals surface area (Å²) < 4.78 is 25.9. The number of fused-ring (bicyclic) bond motifs is 3. The third-order valence-electron chi connectivity index (χ3n) is 5.57. The smallest absolute Gasteiger partial charge is 0.206 e. The predicted molar refractivity (Wildman–Crippen MR) is 99.8 cm³/mol. The van der Waals surface area contributed by atoms with Crippen molar-refractivity contribution in [3.8, 4) is 0 Å². The summed E-state index contributed by atoms with van der Waals surface area (Å²) >= 11 is 0. The molecule has 0 saturated carbocycles. The van der Waals surface area contributed by atoms with Crippen LogP contribution in [-0.2, 0) is 9.84 Å². The van der Waals surface area contributed by atoms with E-state index in [2.05, 4.69) is 17.1 Å². The van der Waals surface area contributed by atoms with Gasteiger partial charge >= 0.3 is 0 Å². The van der Waals surface area contributed by atoms with E-state index in [9.17, 15) is 8.42 Å². The fourth-order valence-corrected chi connectivity index (χ4v) is 5.42. The van der Waals surface area contributed by atoms with Gasteiger partial charge in [-0.15, -0.1) is 0 Å². The maximum atomic E-state index is 12.9. The number of nitrogens with zero attached hydrogens (tertiary/aromatic N) is 1. The van der Waals surface area contributed by atoms with Crippen LogP contribution >= 0.6 is 0 Å². The highest BCUT2D eigenvalue weighted by atomic mass is 32.2. The van der Waals surface area contributed by atoms with Gasteiger partial charge in [0.2, 0.25) is 9.84 Å². The molecule has 1 fully saturated rings. The van der Waals surface area contributed by atoms with Crippen LogP contribution in [0.3, 0.4) is 0 Å². The molecule has 2 aromatic carbocycles. The topological polar surface area (TPSA) is 49.4 Å². The lowest BCUT2D eigenvalue weighted by Gasteiger charge is -2.17. The number of likely N-dealkylation sites (tertiary alicyclic amines) is 1. The van der Waals surface area contributed by atoms with Crippen molar-refractivity contribution in [2.45, 2.75) is 41.5 Å². The fourth-order valence-electron chi connectivity index (χ4n) is 4.10. The number of hydrogen-bond acceptors (Lipinski definition) is 4.